The van der Waals surface area contributed by atoms with Crippen molar-refractivity contribution in [3.63, 3.8) is 0 Å². The van der Waals surface area contributed by atoms with Gasteiger partial charge in [0.2, 0.25) is 0 Å². The van der Waals surface area contributed by atoms with Crippen LogP contribution in [-0.4, -0.2) is 35.3 Å². The molecule has 1 atom stereocenters. The molecule has 1 aliphatic carbocycles. The largest absolute Gasteiger partial charge is 0.435 e. The summed E-state index contributed by atoms with van der Waals surface area (Å²) < 4.78 is 96.5. The first-order valence-corrected chi connectivity index (χ1v) is 7.89. The molecule has 2 rings (SSSR count). The van der Waals surface area contributed by atoms with Crippen molar-refractivity contribution < 1.29 is 45.4 Å². The van der Waals surface area contributed by atoms with Crippen molar-refractivity contribution in [3.05, 3.63) is 29.8 Å². The van der Waals surface area contributed by atoms with Gasteiger partial charge in [0, 0.05) is 0 Å². The highest BCUT2D eigenvalue weighted by molar-refractivity contribution is 5.85. The summed E-state index contributed by atoms with van der Waals surface area (Å²) in [5.74, 6) is -7.13. The van der Waals surface area contributed by atoms with Crippen LogP contribution in [0.2, 0.25) is 0 Å². The minimum Gasteiger partial charge on any atom is -0.435 e. The van der Waals surface area contributed by atoms with Gasteiger partial charge < -0.3 is 15.2 Å². The van der Waals surface area contributed by atoms with Gasteiger partial charge in [-0.15, -0.1) is 0 Å². The number of carbonyl (C=O) groups is 1. The first kappa shape index (κ1) is 21.3. The van der Waals surface area contributed by atoms with E-state index in [0.29, 0.717) is 0 Å². The number of nitrogens with one attached hydrogen (secondary N) is 1. The normalized spacial score (nSPS) is 18.4. The van der Waals surface area contributed by atoms with Gasteiger partial charge in [0.05, 0.1) is 0 Å². The molecule has 1 saturated carbocycles. The smallest absolute Gasteiger partial charge is 0.412 e. The van der Waals surface area contributed by atoms with Crippen LogP contribution in [0, 0.1) is 0 Å². The van der Waals surface area contributed by atoms with Crippen LogP contribution in [0.25, 0.3) is 0 Å². The minimum atomic E-state index is -5.14. The Kier molecular flexibility index (Phi) is 5.93. The lowest BCUT2D eigenvalue weighted by Crippen LogP contribution is -2.57. The molecule has 0 aromatic heterocycles. The van der Waals surface area contributed by atoms with E-state index in [4.69, 9.17) is 0 Å². The van der Waals surface area contributed by atoms with Crippen LogP contribution in [0.1, 0.15) is 37.3 Å². The summed E-state index contributed by atoms with van der Waals surface area (Å²) in [5, 5.41) is 11.1. The zero-order valence-corrected chi connectivity index (χ0v) is 13.7. The van der Waals surface area contributed by atoms with Crippen molar-refractivity contribution in [1.29, 1.82) is 0 Å². The van der Waals surface area contributed by atoms with Crippen LogP contribution in [0.3, 0.4) is 0 Å². The summed E-state index contributed by atoms with van der Waals surface area (Å²) in [4.78, 5) is 11.9. The summed E-state index contributed by atoms with van der Waals surface area (Å²) in [7, 11) is 0. The molecule has 1 amide bonds. The third-order valence-corrected chi connectivity index (χ3v) is 4.34. The standard InChI is InChI=1S/C16H16F7NO3/c17-13(18)27-10-5-3-9(4-6-10)11(16(21,22)23)24-12(25)15(19,20)14(26)7-1-2-8-14/h3-6,11,13,26H,1-2,7-8H2,(H,24,25). The van der Waals surface area contributed by atoms with E-state index in [1.165, 1.54) is 5.32 Å². The zero-order valence-electron chi connectivity index (χ0n) is 13.7. The number of ether oxygens (including phenoxy) is 1. The monoisotopic (exact) mass is 403 g/mol. The number of carbonyl (C=O) groups excluding carboxylic acids is 1. The third kappa shape index (κ3) is 4.63. The Morgan fingerprint density at radius 3 is 2.04 bits per heavy atom. The molecule has 0 saturated heterocycles. The molecule has 11 heteroatoms. The van der Waals surface area contributed by atoms with E-state index in [0.717, 1.165) is 24.3 Å². The molecule has 152 valence electrons. The SMILES string of the molecule is O=C(NC(c1ccc(OC(F)F)cc1)C(F)(F)F)C(F)(F)C1(O)CCCC1. The van der Waals surface area contributed by atoms with Crippen molar-refractivity contribution in [2.75, 3.05) is 0 Å². The summed E-state index contributed by atoms with van der Waals surface area (Å²) in [6.45, 7) is -3.19. The van der Waals surface area contributed by atoms with Gasteiger partial charge in [0.1, 0.15) is 11.4 Å². The lowest BCUT2D eigenvalue weighted by Gasteiger charge is -2.32. The van der Waals surface area contributed by atoms with Gasteiger partial charge in [0.15, 0.2) is 6.04 Å². The van der Waals surface area contributed by atoms with Crippen LogP contribution in [0.15, 0.2) is 24.3 Å². The Hall–Kier alpha value is -2.04. The van der Waals surface area contributed by atoms with Crippen molar-refractivity contribution in [2.45, 2.75) is 56.0 Å². The molecule has 27 heavy (non-hydrogen) atoms. The van der Waals surface area contributed by atoms with E-state index < -0.39 is 60.4 Å². The van der Waals surface area contributed by atoms with Crippen LogP contribution < -0.4 is 10.1 Å². The van der Waals surface area contributed by atoms with E-state index in [1.54, 1.807) is 0 Å². The third-order valence-electron chi connectivity index (χ3n) is 4.34. The van der Waals surface area contributed by atoms with Gasteiger partial charge in [-0.1, -0.05) is 25.0 Å². The highest BCUT2D eigenvalue weighted by Crippen LogP contribution is 2.43. The van der Waals surface area contributed by atoms with Crippen LogP contribution in [0.4, 0.5) is 30.7 Å². The van der Waals surface area contributed by atoms with Gasteiger partial charge in [-0.05, 0) is 30.5 Å². The number of hydrogen-bond acceptors (Lipinski definition) is 3. The van der Waals surface area contributed by atoms with Gasteiger partial charge in [-0.25, -0.2) is 0 Å². The molecule has 1 aromatic rings. The van der Waals surface area contributed by atoms with Gasteiger partial charge >= 0.3 is 18.7 Å². The number of halogens is 7. The maximum atomic E-state index is 14.2. The Morgan fingerprint density at radius 2 is 1.59 bits per heavy atom. The fraction of sp³-hybridized carbons (Fsp3) is 0.562. The molecule has 1 aliphatic rings. The number of alkyl halides is 7. The number of aliphatic hydroxyl groups is 1. The number of benzene rings is 1. The molecule has 0 spiro atoms. The first-order chi connectivity index (χ1) is 12.4. The number of amides is 1. The minimum absolute atomic E-state index is 0.216. The summed E-state index contributed by atoms with van der Waals surface area (Å²) in [6, 6.07) is 0.197. The average Bonchev–Trinajstić information content (AvgIpc) is 3.00. The quantitative estimate of drug-likeness (QED) is 0.708. The summed E-state index contributed by atoms with van der Waals surface area (Å²) in [6.07, 6.45) is -5.54. The highest BCUT2D eigenvalue weighted by atomic mass is 19.4. The van der Waals surface area contributed by atoms with Crippen molar-refractivity contribution in [2.24, 2.45) is 0 Å². The summed E-state index contributed by atoms with van der Waals surface area (Å²) >= 11 is 0. The molecule has 0 heterocycles. The highest BCUT2D eigenvalue weighted by Gasteiger charge is 2.60. The molecule has 1 unspecified atom stereocenters. The van der Waals surface area contributed by atoms with E-state index in [2.05, 4.69) is 4.74 Å². The summed E-state index contributed by atoms with van der Waals surface area (Å²) in [5.41, 5.74) is -3.37. The second kappa shape index (κ2) is 7.53. The average molecular weight is 403 g/mol. The molecule has 1 fully saturated rings. The van der Waals surface area contributed by atoms with Crippen molar-refractivity contribution >= 4 is 5.91 Å². The van der Waals surface area contributed by atoms with Crippen LogP contribution >= 0.6 is 0 Å². The Bertz CT molecular complexity index is 655. The van der Waals surface area contributed by atoms with Crippen LogP contribution in [-0.2, 0) is 4.79 Å². The molecule has 0 radical (unpaired) electrons. The van der Waals surface area contributed by atoms with Crippen molar-refractivity contribution in [1.82, 2.24) is 5.32 Å². The van der Waals surface area contributed by atoms with Gasteiger partial charge in [-0.2, -0.15) is 30.7 Å². The second-order valence-corrected chi connectivity index (χ2v) is 6.21. The topological polar surface area (TPSA) is 58.6 Å². The Morgan fingerprint density at radius 1 is 1.07 bits per heavy atom. The predicted octanol–water partition coefficient (Wildman–Crippen LogP) is 3.95. The van der Waals surface area contributed by atoms with Gasteiger partial charge in [-0.3, -0.25) is 4.79 Å². The molecule has 1 aromatic carbocycles. The maximum Gasteiger partial charge on any atom is 0.412 e. The molecule has 0 aliphatic heterocycles. The maximum absolute atomic E-state index is 14.2. The molecular formula is C16H16F7NO3. The van der Waals surface area contributed by atoms with Crippen molar-refractivity contribution in [3.8, 4) is 5.75 Å². The molecule has 4 nitrogen and oxygen atoms in total. The lowest BCUT2D eigenvalue weighted by atomic mass is 9.92. The fourth-order valence-corrected chi connectivity index (χ4v) is 2.90. The van der Waals surface area contributed by atoms with E-state index in [-0.39, 0.29) is 12.8 Å². The van der Waals surface area contributed by atoms with Gasteiger partial charge in [0.25, 0.3) is 5.91 Å². The molecular weight excluding hydrogens is 387 g/mol. The Balaban J connectivity index is 2.23. The predicted molar refractivity (Wildman–Crippen MR) is 78.4 cm³/mol. The Labute approximate surface area is 149 Å². The van der Waals surface area contributed by atoms with E-state index in [1.807, 2.05) is 0 Å². The lowest BCUT2D eigenvalue weighted by molar-refractivity contribution is -0.200. The molecule has 0 bridgehead atoms. The van der Waals surface area contributed by atoms with E-state index >= 15 is 0 Å². The second-order valence-electron chi connectivity index (χ2n) is 6.21. The van der Waals surface area contributed by atoms with Crippen LogP contribution in [0.5, 0.6) is 5.75 Å². The first-order valence-electron chi connectivity index (χ1n) is 7.89. The van der Waals surface area contributed by atoms with E-state index in [9.17, 15) is 40.6 Å². The number of hydrogen-bond donors (Lipinski definition) is 2. The fourth-order valence-electron chi connectivity index (χ4n) is 2.90. The number of rotatable bonds is 6. The zero-order chi connectivity index (χ0) is 20.5. The molecule has 2 N–H and O–H groups in total.